The number of likely N-dealkylation sites (tertiary alicyclic amines) is 1. The molecule has 0 aromatic heterocycles. The van der Waals surface area contributed by atoms with Crippen LogP contribution in [0.25, 0.3) is 0 Å². The summed E-state index contributed by atoms with van der Waals surface area (Å²) in [6.07, 6.45) is 7.19. The van der Waals surface area contributed by atoms with Crippen molar-refractivity contribution < 1.29 is 19.2 Å². The third-order valence-corrected chi connectivity index (χ3v) is 7.68. The van der Waals surface area contributed by atoms with Gasteiger partial charge in [0, 0.05) is 32.5 Å². The largest absolute Gasteiger partial charge is 0.354 e. The topological polar surface area (TPSA) is 86.8 Å². The molecule has 206 valence electrons. The normalized spacial score (nSPS) is 19.1. The quantitative estimate of drug-likeness (QED) is 0.254. The second-order valence-corrected chi connectivity index (χ2v) is 10.6. The number of nitrogens with one attached hydrogen (secondary N) is 1. The number of nitrogens with zero attached hydrogens (tertiary/aromatic N) is 2. The van der Waals surface area contributed by atoms with Crippen LogP contribution in [0.1, 0.15) is 55.7 Å². The zero-order chi connectivity index (χ0) is 27.8. The number of hydrogen-bond donors (Lipinski definition) is 1. The number of aryl methyl sites for hydroxylation is 1. The molecule has 39 heavy (non-hydrogen) atoms. The average Bonchev–Trinajstić information content (AvgIpc) is 3.19. The van der Waals surface area contributed by atoms with E-state index in [1.54, 1.807) is 4.90 Å². The maximum atomic E-state index is 13.9. The van der Waals surface area contributed by atoms with Crippen molar-refractivity contribution in [2.45, 2.75) is 65.0 Å². The van der Waals surface area contributed by atoms with Crippen LogP contribution in [0.5, 0.6) is 0 Å². The molecule has 0 bridgehead atoms. The Morgan fingerprint density at radius 3 is 2.28 bits per heavy atom. The average molecular weight is 530 g/mol. The van der Waals surface area contributed by atoms with Crippen molar-refractivity contribution in [2.75, 3.05) is 13.1 Å². The Hall–Kier alpha value is -3.74. The first kappa shape index (κ1) is 28.3. The fourth-order valence-corrected chi connectivity index (χ4v) is 5.51. The standard InChI is InChI=1S/C32H39N3O4/c1-3-4-18-33-30(37)28(21-24-12-6-5-7-13-24)35(22-25-14-10-11-23(2)20-25)29(36)17-19-34-31(38)26-15-8-9-16-27(26)32(34)39/h5-14,20,26-28H,3-4,15-19,21-22H2,1-2H3,(H,33,37)/t26-,27+,28-/m0/s1. The second-order valence-electron chi connectivity index (χ2n) is 10.6. The minimum atomic E-state index is -0.728. The molecule has 2 aliphatic rings. The molecule has 2 aromatic carbocycles. The number of hydrogen-bond acceptors (Lipinski definition) is 4. The number of carbonyl (C=O) groups excluding carboxylic acids is 4. The van der Waals surface area contributed by atoms with Gasteiger partial charge in [0.15, 0.2) is 0 Å². The summed E-state index contributed by atoms with van der Waals surface area (Å²) in [6, 6.07) is 16.9. The predicted octanol–water partition coefficient (Wildman–Crippen LogP) is 4.19. The lowest BCUT2D eigenvalue weighted by molar-refractivity contribution is -0.144. The molecule has 1 N–H and O–H groups in total. The third-order valence-electron chi connectivity index (χ3n) is 7.68. The van der Waals surface area contributed by atoms with E-state index >= 15 is 0 Å². The Labute approximate surface area is 231 Å². The number of benzene rings is 2. The first-order valence-electron chi connectivity index (χ1n) is 14.1. The van der Waals surface area contributed by atoms with Crippen LogP contribution in [0.4, 0.5) is 0 Å². The smallest absolute Gasteiger partial charge is 0.243 e. The molecular weight excluding hydrogens is 490 g/mol. The van der Waals surface area contributed by atoms with Crippen molar-refractivity contribution in [3.05, 3.63) is 83.4 Å². The summed E-state index contributed by atoms with van der Waals surface area (Å²) in [4.78, 5) is 56.2. The minimum Gasteiger partial charge on any atom is -0.354 e. The fraction of sp³-hybridized carbons (Fsp3) is 0.438. The van der Waals surface area contributed by atoms with Crippen LogP contribution < -0.4 is 5.32 Å². The van der Waals surface area contributed by atoms with E-state index in [4.69, 9.17) is 0 Å². The molecule has 1 aliphatic heterocycles. The molecule has 4 rings (SSSR count). The molecule has 7 heteroatoms. The zero-order valence-electron chi connectivity index (χ0n) is 23.0. The van der Waals surface area contributed by atoms with Crippen LogP contribution in [0, 0.1) is 18.8 Å². The summed E-state index contributed by atoms with van der Waals surface area (Å²) in [7, 11) is 0. The number of unbranched alkanes of at least 4 members (excludes halogenated alkanes) is 1. The van der Waals surface area contributed by atoms with Gasteiger partial charge in [0.1, 0.15) is 6.04 Å². The summed E-state index contributed by atoms with van der Waals surface area (Å²) >= 11 is 0. The summed E-state index contributed by atoms with van der Waals surface area (Å²) in [5, 5.41) is 3.02. The predicted molar refractivity (Wildman–Crippen MR) is 150 cm³/mol. The Bertz CT molecular complexity index is 1180. The van der Waals surface area contributed by atoms with Gasteiger partial charge in [0.05, 0.1) is 11.8 Å². The Morgan fingerprint density at radius 2 is 1.64 bits per heavy atom. The van der Waals surface area contributed by atoms with Gasteiger partial charge in [-0.2, -0.15) is 0 Å². The summed E-state index contributed by atoms with van der Waals surface area (Å²) < 4.78 is 0. The van der Waals surface area contributed by atoms with Crippen molar-refractivity contribution >= 4 is 23.6 Å². The lowest BCUT2D eigenvalue weighted by Crippen LogP contribution is -2.51. The van der Waals surface area contributed by atoms with Crippen molar-refractivity contribution in [2.24, 2.45) is 11.8 Å². The van der Waals surface area contributed by atoms with E-state index in [0.717, 1.165) is 29.5 Å². The van der Waals surface area contributed by atoms with Crippen molar-refractivity contribution in [3.63, 3.8) is 0 Å². The maximum absolute atomic E-state index is 13.9. The van der Waals surface area contributed by atoms with E-state index in [0.29, 0.717) is 25.8 Å². The van der Waals surface area contributed by atoms with Crippen LogP contribution in [-0.4, -0.2) is 52.6 Å². The summed E-state index contributed by atoms with van der Waals surface area (Å²) in [5.74, 6) is -1.47. The number of rotatable bonds is 12. The van der Waals surface area contributed by atoms with Crippen molar-refractivity contribution in [1.82, 2.24) is 15.1 Å². The van der Waals surface area contributed by atoms with Gasteiger partial charge in [0.25, 0.3) is 0 Å². The monoisotopic (exact) mass is 529 g/mol. The zero-order valence-corrected chi connectivity index (χ0v) is 23.0. The molecule has 1 heterocycles. The number of allylic oxidation sites excluding steroid dienone is 2. The summed E-state index contributed by atoms with van der Waals surface area (Å²) in [5.41, 5.74) is 2.95. The molecule has 0 spiro atoms. The number of amides is 4. The van der Waals surface area contributed by atoms with Crippen LogP contribution >= 0.6 is 0 Å². The van der Waals surface area contributed by atoms with E-state index in [-0.39, 0.29) is 55.0 Å². The van der Waals surface area contributed by atoms with E-state index in [1.165, 1.54) is 4.90 Å². The summed E-state index contributed by atoms with van der Waals surface area (Å²) in [6.45, 7) is 4.89. The van der Waals surface area contributed by atoms with E-state index in [9.17, 15) is 19.2 Å². The molecule has 1 fully saturated rings. The van der Waals surface area contributed by atoms with Gasteiger partial charge >= 0.3 is 0 Å². The van der Waals surface area contributed by atoms with Crippen LogP contribution in [0.2, 0.25) is 0 Å². The number of carbonyl (C=O) groups is 4. The highest BCUT2D eigenvalue weighted by Crippen LogP contribution is 2.35. The highest BCUT2D eigenvalue weighted by atomic mass is 16.2. The van der Waals surface area contributed by atoms with E-state index < -0.39 is 6.04 Å². The van der Waals surface area contributed by atoms with Gasteiger partial charge in [0.2, 0.25) is 23.6 Å². The van der Waals surface area contributed by atoms with Gasteiger partial charge in [-0.1, -0.05) is 85.7 Å². The molecule has 0 saturated carbocycles. The number of fused-ring (bicyclic) bond motifs is 1. The first-order chi connectivity index (χ1) is 18.9. The van der Waals surface area contributed by atoms with Crippen molar-refractivity contribution in [3.8, 4) is 0 Å². The van der Waals surface area contributed by atoms with Crippen LogP contribution in [0.3, 0.4) is 0 Å². The van der Waals surface area contributed by atoms with Crippen LogP contribution in [0.15, 0.2) is 66.7 Å². The van der Waals surface area contributed by atoms with Gasteiger partial charge < -0.3 is 10.2 Å². The maximum Gasteiger partial charge on any atom is 0.243 e. The lowest BCUT2D eigenvalue weighted by atomic mass is 9.85. The molecule has 1 aliphatic carbocycles. The second kappa shape index (κ2) is 13.4. The van der Waals surface area contributed by atoms with Gasteiger partial charge in [-0.3, -0.25) is 24.1 Å². The van der Waals surface area contributed by atoms with Crippen molar-refractivity contribution in [1.29, 1.82) is 0 Å². The molecule has 0 unspecified atom stereocenters. The van der Waals surface area contributed by atoms with Gasteiger partial charge in [-0.05, 0) is 37.3 Å². The highest BCUT2D eigenvalue weighted by Gasteiger charge is 2.47. The number of imide groups is 1. The van der Waals surface area contributed by atoms with E-state index in [2.05, 4.69) is 12.2 Å². The molecular formula is C32H39N3O4. The van der Waals surface area contributed by atoms with E-state index in [1.807, 2.05) is 73.7 Å². The SMILES string of the molecule is CCCCNC(=O)[C@H](Cc1ccccc1)N(Cc1cccc(C)c1)C(=O)CCN1C(=O)[C@H]2CC=CC[C@H]2C1=O. The van der Waals surface area contributed by atoms with Gasteiger partial charge in [-0.15, -0.1) is 0 Å². The molecule has 2 aromatic rings. The Kier molecular flexibility index (Phi) is 9.69. The Morgan fingerprint density at radius 1 is 0.974 bits per heavy atom. The molecule has 7 nitrogen and oxygen atoms in total. The molecule has 4 amide bonds. The lowest BCUT2D eigenvalue weighted by Gasteiger charge is -2.32. The molecule has 1 saturated heterocycles. The van der Waals surface area contributed by atoms with Crippen LogP contribution in [-0.2, 0) is 32.1 Å². The third kappa shape index (κ3) is 7.02. The first-order valence-corrected chi connectivity index (χ1v) is 14.1. The molecule has 0 radical (unpaired) electrons. The minimum absolute atomic E-state index is 0.0241. The Balaban J connectivity index is 1.57. The fourth-order valence-electron chi connectivity index (χ4n) is 5.51. The highest BCUT2D eigenvalue weighted by molar-refractivity contribution is 6.05. The molecule has 3 atom stereocenters. The van der Waals surface area contributed by atoms with Gasteiger partial charge in [-0.25, -0.2) is 0 Å².